The number of hydrogen-bond acceptors (Lipinski definition) is 7. The molecule has 1 unspecified atom stereocenters. The van der Waals surface area contributed by atoms with Gasteiger partial charge in [-0.25, -0.2) is 0 Å². The van der Waals surface area contributed by atoms with Gasteiger partial charge in [0.2, 0.25) is 11.8 Å². The number of benzene rings is 2. The van der Waals surface area contributed by atoms with Crippen molar-refractivity contribution in [3.05, 3.63) is 47.5 Å². The Morgan fingerprint density at radius 3 is 2.50 bits per heavy atom. The lowest BCUT2D eigenvalue weighted by Crippen LogP contribution is -2.54. The maximum Gasteiger partial charge on any atom is 0.264 e. The standard InChI is InChI=1S/C21H19N3O6/c1-29-11-6-8-16(30-2)14(10-11)22-13-5-3-4-12-18(13)21(28)24(20(12)27)15-7-9-17(25)23-19(15)26/h3-6,8,10,15,22H,7,9H2,1-2H3,(H,23,25,26). The summed E-state index contributed by atoms with van der Waals surface area (Å²) in [5.41, 5.74) is 1.30. The summed E-state index contributed by atoms with van der Waals surface area (Å²) in [6.07, 6.45) is 0.165. The van der Waals surface area contributed by atoms with Crippen LogP contribution in [0, 0.1) is 0 Å². The summed E-state index contributed by atoms with van der Waals surface area (Å²) < 4.78 is 10.6. The Morgan fingerprint density at radius 2 is 1.80 bits per heavy atom. The number of amides is 4. The highest BCUT2D eigenvalue weighted by atomic mass is 16.5. The summed E-state index contributed by atoms with van der Waals surface area (Å²) in [6.45, 7) is 0. The number of carbonyl (C=O) groups excluding carboxylic acids is 4. The zero-order chi connectivity index (χ0) is 21.4. The summed E-state index contributed by atoms with van der Waals surface area (Å²) in [5, 5.41) is 5.32. The predicted molar refractivity (Wildman–Crippen MR) is 106 cm³/mol. The molecule has 1 saturated heterocycles. The van der Waals surface area contributed by atoms with Crippen molar-refractivity contribution in [2.24, 2.45) is 0 Å². The van der Waals surface area contributed by atoms with Crippen LogP contribution < -0.4 is 20.1 Å². The molecule has 2 aromatic carbocycles. The van der Waals surface area contributed by atoms with Crippen LogP contribution in [0.25, 0.3) is 0 Å². The largest absolute Gasteiger partial charge is 0.497 e. The minimum Gasteiger partial charge on any atom is -0.497 e. The Balaban J connectivity index is 1.71. The van der Waals surface area contributed by atoms with Crippen LogP contribution in [0.2, 0.25) is 0 Å². The fraction of sp³-hybridized carbons (Fsp3) is 0.238. The van der Waals surface area contributed by atoms with E-state index in [4.69, 9.17) is 9.47 Å². The minimum atomic E-state index is -1.02. The van der Waals surface area contributed by atoms with E-state index in [0.717, 1.165) is 4.90 Å². The van der Waals surface area contributed by atoms with E-state index in [1.54, 1.807) is 30.3 Å². The number of hydrogen-bond donors (Lipinski definition) is 2. The Bertz CT molecular complexity index is 1080. The van der Waals surface area contributed by atoms with Gasteiger partial charge in [0.1, 0.15) is 17.5 Å². The first kappa shape index (κ1) is 19.4. The summed E-state index contributed by atoms with van der Waals surface area (Å²) in [7, 11) is 3.05. The van der Waals surface area contributed by atoms with Crippen LogP contribution in [0.5, 0.6) is 11.5 Å². The van der Waals surface area contributed by atoms with Crippen molar-refractivity contribution in [1.82, 2.24) is 10.2 Å². The zero-order valence-electron chi connectivity index (χ0n) is 16.4. The highest BCUT2D eigenvalue weighted by Gasteiger charge is 2.45. The zero-order valence-corrected chi connectivity index (χ0v) is 16.4. The second-order valence-corrected chi connectivity index (χ2v) is 6.87. The van der Waals surface area contributed by atoms with Gasteiger partial charge in [0.25, 0.3) is 11.8 Å². The topological polar surface area (TPSA) is 114 Å². The fourth-order valence-corrected chi connectivity index (χ4v) is 3.68. The summed E-state index contributed by atoms with van der Waals surface area (Å²) in [5.74, 6) is -1.11. The van der Waals surface area contributed by atoms with Crippen molar-refractivity contribution < 1.29 is 28.7 Å². The number of nitrogens with zero attached hydrogens (tertiary/aromatic N) is 1. The van der Waals surface area contributed by atoms with Gasteiger partial charge in [-0.1, -0.05) is 6.07 Å². The molecule has 2 aliphatic heterocycles. The van der Waals surface area contributed by atoms with Crippen LogP contribution in [0.4, 0.5) is 11.4 Å². The summed E-state index contributed by atoms with van der Waals surface area (Å²) in [4.78, 5) is 50.7. The maximum absolute atomic E-state index is 13.2. The first-order valence-corrected chi connectivity index (χ1v) is 9.28. The lowest BCUT2D eigenvalue weighted by atomic mass is 10.0. The van der Waals surface area contributed by atoms with Gasteiger partial charge in [0.05, 0.1) is 36.7 Å². The van der Waals surface area contributed by atoms with E-state index in [1.807, 2.05) is 0 Å². The molecule has 0 aliphatic carbocycles. The summed E-state index contributed by atoms with van der Waals surface area (Å²) in [6, 6.07) is 8.98. The number of ether oxygens (including phenoxy) is 2. The lowest BCUT2D eigenvalue weighted by Gasteiger charge is -2.27. The van der Waals surface area contributed by atoms with E-state index < -0.39 is 29.7 Å². The van der Waals surface area contributed by atoms with Crippen molar-refractivity contribution in [2.75, 3.05) is 19.5 Å². The molecule has 2 aromatic rings. The number of fused-ring (bicyclic) bond motifs is 1. The van der Waals surface area contributed by atoms with Crippen LogP contribution >= 0.6 is 0 Å². The minimum absolute atomic E-state index is 0.0654. The number of anilines is 2. The highest BCUT2D eigenvalue weighted by Crippen LogP contribution is 2.37. The highest BCUT2D eigenvalue weighted by molar-refractivity contribution is 6.25. The average molecular weight is 409 g/mol. The third kappa shape index (κ3) is 3.14. The monoisotopic (exact) mass is 409 g/mol. The van der Waals surface area contributed by atoms with Crippen LogP contribution in [0.15, 0.2) is 36.4 Å². The van der Waals surface area contributed by atoms with Crippen LogP contribution in [-0.2, 0) is 9.59 Å². The van der Waals surface area contributed by atoms with Gasteiger partial charge in [-0.3, -0.25) is 29.4 Å². The number of nitrogens with one attached hydrogen (secondary N) is 2. The molecular formula is C21H19N3O6. The van der Waals surface area contributed by atoms with Crippen LogP contribution in [-0.4, -0.2) is 48.8 Å². The maximum atomic E-state index is 13.2. The molecule has 0 saturated carbocycles. The molecule has 30 heavy (non-hydrogen) atoms. The predicted octanol–water partition coefficient (Wildman–Crippen LogP) is 1.85. The van der Waals surface area contributed by atoms with E-state index in [-0.39, 0.29) is 24.0 Å². The van der Waals surface area contributed by atoms with Gasteiger partial charge in [0, 0.05) is 12.5 Å². The molecule has 9 heteroatoms. The molecule has 4 rings (SSSR count). The van der Waals surface area contributed by atoms with Gasteiger partial charge in [-0.15, -0.1) is 0 Å². The van der Waals surface area contributed by atoms with Gasteiger partial charge in [0.15, 0.2) is 0 Å². The van der Waals surface area contributed by atoms with Gasteiger partial charge < -0.3 is 14.8 Å². The van der Waals surface area contributed by atoms with E-state index in [2.05, 4.69) is 10.6 Å². The van der Waals surface area contributed by atoms with Gasteiger partial charge in [-0.2, -0.15) is 0 Å². The van der Waals surface area contributed by atoms with Crippen LogP contribution in [0.1, 0.15) is 33.6 Å². The SMILES string of the molecule is COc1ccc(OC)c(Nc2cccc3c2C(=O)N(C2CCC(=O)NC2=O)C3=O)c1. The molecular weight excluding hydrogens is 390 g/mol. The van der Waals surface area contributed by atoms with Crippen molar-refractivity contribution in [2.45, 2.75) is 18.9 Å². The molecule has 2 N–H and O–H groups in total. The average Bonchev–Trinajstić information content (AvgIpc) is 2.99. The molecule has 4 amide bonds. The Kier molecular flexibility index (Phi) is 4.86. The molecule has 1 atom stereocenters. The number of imide groups is 2. The first-order valence-electron chi connectivity index (χ1n) is 9.28. The second kappa shape index (κ2) is 7.51. The third-order valence-electron chi connectivity index (χ3n) is 5.14. The normalized spacial score (nSPS) is 18.2. The van der Waals surface area contributed by atoms with Gasteiger partial charge >= 0.3 is 0 Å². The van der Waals surface area contributed by atoms with Crippen LogP contribution in [0.3, 0.4) is 0 Å². The Hall–Kier alpha value is -3.88. The molecule has 1 fully saturated rings. The Labute approximate surface area is 171 Å². The number of rotatable bonds is 5. The number of piperidine rings is 1. The molecule has 0 bridgehead atoms. The van der Waals surface area contributed by atoms with E-state index in [1.165, 1.54) is 20.3 Å². The van der Waals surface area contributed by atoms with Crippen molar-refractivity contribution >= 4 is 35.0 Å². The van der Waals surface area contributed by atoms with Gasteiger partial charge in [-0.05, 0) is 30.7 Å². The quantitative estimate of drug-likeness (QED) is 0.725. The number of carbonyl (C=O) groups is 4. The molecule has 0 aromatic heterocycles. The number of methoxy groups -OCH3 is 2. The third-order valence-corrected chi connectivity index (χ3v) is 5.14. The summed E-state index contributed by atoms with van der Waals surface area (Å²) >= 11 is 0. The second-order valence-electron chi connectivity index (χ2n) is 6.87. The Morgan fingerprint density at radius 1 is 1.00 bits per heavy atom. The van der Waals surface area contributed by atoms with E-state index in [9.17, 15) is 19.2 Å². The molecule has 0 spiro atoms. The molecule has 2 heterocycles. The molecule has 154 valence electrons. The molecule has 2 aliphatic rings. The van der Waals surface area contributed by atoms with E-state index >= 15 is 0 Å². The smallest absolute Gasteiger partial charge is 0.264 e. The van der Waals surface area contributed by atoms with E-state index in [0.29, 0.717) is 22.9 Å². The first-order chi connectivity index (χ1) is 14.4. The fourth-order valence-electron chi connectivity index (χ4n) is 3.68. The molecule has 9 nitrogen and oxygen atoms in total. The molecule has 0 radical (unpaired) electrons. The van der Waals surface area contributed by atoms with Crippen molar-refractivity contribution in [3.8, 4) is 11.5 Å². The lowest BCUT2D eigenvalue weighted by molar-refractivity contribution is -0.136. The van der Waals surface area contributed by atoms with Crippen molar-refractivity contribution in [1.29, 1.82) is 0 Å². The van der Waals surface area contributed by atoms with Crippen molar-refractivity contribution in [3.63, 3.8) is 0 Å².